The molecule has 6 nitrogen and oxygen atoms in total. The van der Waals surface area contributed by atoms with E-state index in [1.165, 1.54) is 18.3 Å². The Labute approximate surface area is 104 Å². The number of rotatable bonds is 5. The number of nitrogens with zero attached hydrogens (tertiary/aromatic N) is 2. The van der Waals surface area contributed by atoms with Gasteiger partial charge in [-0.05, 0) is 6.07 Å². The van der Waals surface area contributed by atoms with E-state index < -0.39 is 25.0 Å². The molecule has 0 saturated heterocycles. The van der Waals surface area contributed by atoms with Crippen LogP contribution in [-0.2, 0) is 0 Å². The molecule has 9 heteroatoms. The standard InChI is InChI=1S/C10H8F3N3O3/c11-4-10(12,13)5-18-6-1-2-14-7(3-6)8-15-9(17)19-16-8/h1-3H,4-5H2,(H,15,16,17). The Hall–Kier alpha value is -2.32. The highest BCUT2D eigenvalue weighted by Gasteiger charge is 2.30. The van der Waals surface area contributed by atoms with Gasteiger partial charge in [0.1, 0.15) is 11.4 Å². The molecule has 0 aromatic carbocycles. The Bertz CT molecular complexity index is 611. The first-order valence-electron chi connectivity index (χ1n) is 5.09. The average Bonchev–Trinajstić information content (AvgIpc) is 2.84. The Balaban J connectivity index is 2.14. The molecule has 0 amide bonds. The molecule has 2 heterocycles. The van der Waals surface area contributed by atoms with Crippen LogP contribution < -0.4 is 10.5 Å². The van der Waals surface area contributed by atoms with Gasteiger partial charge < -0.3 is 4.74 Å². The quantitative estimate of drug-likeness (QED) is 0.892. The number of alkyl halides is 3. The summed E-state index contributed by atoms with van der Waals surface area (Å²) in [7, 11) is 0. The van der Waals surface area contributed by atoms with Crippen LogP contribution in [0.2, 0.25) is 0 Å². The minimum absolute atomic E-state index is 0.0349. The molecule has 0 aliphatic heterocycles. The highest BCUT2D eigenvalue weighted by molar-refractivity contribution is 5.50. The van der Waals surface area contributed by atoms with Crippen LogP contribution in [0.4, 0.5) is 13.2 Å². The van der Waals surface area contributed by atoms with Crippen molar-refractivity contribution in [3.8, 4) is 17.3 Å². The largest absolute Gasteiger partial charge is 0.487 e. The Morgan fingerprint density at radius 1 is 1.47 bits per heavy atom. The SMILES string of the molecule is O=c1[nH]c(-c2cc(OCC(F)(F)CF)ccn2)no1. The van der Waals surface area contributed by atoms with E-state index in [1.54, 1.807) is 0 Å². The molecule has 0 aliphatic rings. The van der Waals surface area contributed by atoms with E-state index in [-0.39, 0.29) is 17.3 Å². The van der Waals surface area contributed by atoms with Crippen molar-refractivity contribution >= 4 is 0 Å². The monoisotopic (exact) mass is 275 g/mol. The first-order valence-corrected chi connectivity index (χ1v) is 5.09. The zero-order valence-corrected chi connectivity index (χ0v) is 9.40. The molecule has 1 N–H and O–H groups in total. The van der Waals surface area contributed by atoms with Crippen LogP contribution in [0.25, 0.3) is 11.5 Å². The maximum Gasteiger partial charge on any atom is 0.439 e. The fraction of sp³-hybridized carbons (Fsp3) is 0.300. The van der Waals surface area contributed by atoms with Gasteiger partial charge in [-0.15, -0.1) is 0 Å². The second kappa shape index (κ2) is 5.12. The van der Waals surface area contributed by atoms with Crippen molar-refractivity contribution in [2.75, 3.05) is 13.3 Å². The predicted molar refractivity (Wildman–Crippen MR) is 56.8 cm³/mol. The van der Waals surface area contributed by atoms with E-state index in [0.717, 1.165) is 0 Å². The number of hydrogen-bond donors (Lipinski definition) is 1. The molecule has 0 spiro atoms. The zero-order valence-electron chi connectivity index (χ0n) is 9.40. The van der Waals surface area contributed by atoms with Crippen molar-refractivity contribution < 1.29 is 22.4 Å². The normalized spacial score (nSPS) is 11.5. The first kappa shape index (κ1) is 13.1. The Kier molecular flexibility index (Phi) is 3.54. The second-order valence-corrected chi connectivity index (χ2v) is 3.60. The molecular weight excluding hydrogens is 267 g/mol. The highest BCUT2D eigenvalue weighted by Crippen LogP contribution is 2.20. The van der Waals surface area contributed by atoms with Crippen LogP contribution in [0.5, 0.6) is 5.75 Å². The smallest absolute Gasteiger partial charge is 0.439 e. The molecule has 19 heavy (non-hydrogen) atoms. The van der Waals surface area contributed by atoms with Crippen LogP contribution in [0.1, 0.15) is 0 Å². The number of ether oxygens (including phenoxy) is 1. The highest BCUT2D eigenvalue weighted by atomic mass is 19.3. The van der Waals surface area contributed by atoms with Gasteiger partial charge in [-0.3, -0.25) is 14.5 Å². The van der Waals surface area contributed by atoms with Crippen LogP contribution in [0.3, 0.4) is 0 Å². The molecule has 102 valence electrons. The van der Waals surface area contributed by atoms with E-state index in [9.17, 15) is 18.0 Å². The summed E-state index contributed by atoms with van der Waals surface area (Å²) >= 11 is 0. The van der Waals surface area contributed by atoms with Crippen LogP contribution in [-0.4, -0.2) is 34.3 Å². The van der Waals surface area contributed by atoms with Gasteiger partial charge in [0.05, 0.1) is 0 Å². The number of H-pyrrole nitrogens is 1. The van der Waals surface area contributed by atoms with E-state index in [0.29, 0.717) is 0 Å². The summed E-state index contributed by atoms with van der Waals surface area (Å²) in [6.07, 6.45) is 1.27. The van der Waals surface area contributed by atoms with Crippen LogP contribution in [0.15, 0.2) is 27.6 Å². The summed E-state index contributed by atoms with van der Waals surface area (Å²) in [6, 6.07) is 2.58. The van der Waals surface area contributed by atoms with Crippen molar-refractivity contribution in [1.29, 1.82) is 0 Å². The molecule has 0 aliphatic carbocycles. The molecule has 2 aromatic rings. The number of aromatic amines is 1. The van der Waals surface area contributed by atoms with Crippen LogP contribution >= 0.6 is 0 Å². The number of pyridine rings is 1. The lowest BCUT2D eigenvalue weighted by molar-refractivity contribution is -0.0584. The summed E-state index contributed by atoms with van der Waals surface area (Å²) in [5.74, 6) is -4.24. The van der Waals surface area contributed by atoms with Gasteiger partial charge in [-0.1, -0.05) is 5.16 Å². The summed E-state index contributed by atoms with van der Waals surface area (Å²) in [5.41, 5.74) is 0.173. The van der Waals surface area contributed by atoms with Crippen molar-refractivity contribution in [1.82, 2.24) is 15.1 Å². The molecule has 2 aromatic heterocycles. The topological polar surface area (TPSA) is 81.0 Å². The third kappa shape index (κ3) is 3.33. The fourth-order valence-corrected chi connectivity index (χ4v) is 1.20. The molecule has 0 radical (unpaired) electrons. The lowest BCUT2D eigenvalue weighted by Crippen LogP contribution is -2.27. The summed E-state index contributed by atoms with van der Waals surface area (Å²) in [5, 5.41) is 3.38. The van der Waals surface area contributed by atoms with Gasteiger partial charge in [-0.25, -0.2) is 9.18 Å². The third-order valence-corrected chi connectivity index (χ3v) is 2.06. The minimum atomic E-state index is -3.55. The summed E-state index contributed by atoms with van der Waals surface area (Å²) < 4.78 is 46.3. The van der Waals surface area contributed by atoms with E-state index in [4.69, 9.17) is 4.74 Å². The molecule has 0 bridgehead atoms. The summed E-state index contributed by atoms with van der Waals surface area (Å²) in [6.45, 7) is -2.90. The van der Waals surface area contributed by atoms with Gasteiger partial charge in [0.15, 0.2) is 13.3 Å². The van der Waals surface area contributed by atoms with E-state index >= 15 is 0 Å². The Morgan fingerprint density at radius 3 is 2.89 bits per heavy atom. The number of nitrogens with one attached hydrogen (secondary N) is 1. The number of hydrogen-bond acceptors (Lipinski definition) is 5. The second-order valence-electron chi connectivity index (χ2n) is 3.60. The van der Waals surface area contributed by atoms with Gasteiger partial charge >= 0.3 is 11.7 Å². The van der Waals surface area contributed by atoms with Crippen molar-refractivity contribution in [2.24, 2.45) is 0 Å². The molecule has 0 unspecified atom stereocenters. The van der Waals surface area contributed by atoms with Gasteiger partial charge in [0.25, 0.3) is 0 Å². The van der Waals surface area contributed by atoms with Gasteiger partial charge in [0, 0.05) is 12.3 Å². The maximum absolute atomic E-state index is 12.7. The molecular formula is C10H8F3N3O3. The van der Waals surface area contributed by atoms with Gasteiger partial charge in [0.2, 0.25) is 5.82 Å². The minimum Gasteiger partial charge on any atom is -0.487 e. The average molecular weight is 275 g/mol. The number of aromatic nitrogens is 3. The molecule has 2 rings (SSSR count). The Morgan fingerprint density at radius 2 is 2.26 bits per heavy atom. The predicted octanol–water partition coefficient (Wildman–Crippen LogP) is 1.41. The molecule has 0 saturated carbocycles. The third-order valence-electron chi connectivity index (χ3n) is 2.06. The lowest BCUT2D eigenvalue weighted by Gasteiger charge is -2.13. The van der Waals surface area contributed by atoms with Crippen LogP contribution in [0, 0.1) is 0 Å². The first-order chi connectivity index (χ1) is 9.00. The molecule has 0 atom stereocenters. The lowest BCUT2D eigenvalue weighted by atomic mass is 10.3. The summed E-state index contributed by atoms with van der Waals surface area (Å²) in [4.78, 5) is 16.9. The maximum atomic E-state index is 12.7. The van der Waals surface area contributed by atoms with E-state index in [2.05, 4.69) is 19.6 Å². The zero-order chi connectivity index (χ0) is 13.9. The number of halogens is 3. The van der Waals surface area contributed by atoms with Crippen molar-refractivity contribution in [2.45, 2.75) is 5.92 Å². The van der Waals surface area contributed by atoms with Crippen molar-refractivity contribution in [3.63, 3.8) is 0 Å². The van der Waals surface area contributed by atoms with Gasteiger partial charge in [-0.2, -0.15) is 8.78 Å². The fourth-order valence-electron chi connectivity index (χ4n) is 1.20. The molecule has 0 fully saturated rings. The van der Waals surface area contributed by atoms with E-state index in [1.807, 2.05) is 0 Å². The van der Waals surface area contributed by atoms with Crippen molar-refractivity contribution in [3.05, 3.63) is 28.9 Å².